The molecule has 1 atom stereocenters. The van der Waals surface area contributed by atoms with Crippen LogP contribution in [0.2, 0.25) is 0 Å². The third kappa shape index (κ3) is 5.05. The number of benzene rings is 2. The maximum Gasteiger partial charge on any atom is 0.338 e. The Balaban J connectivity index is 1.93. The third-order valence-corrected chi connectivity index (χ3v) is 8.06. The highest BCUT2D eigenvalue weighted by Crippen LogP contribution is 2.32. The van der Waals surface area contributed by atoms with E-state index in [1.54, 1.807) is 32.6 Å². The van der Waals surface area contributed by atoms with Crippen LogP contribution in [-0.4, -0.2) is 31.4 Å². The van der Waals surface area contributed by atoms with Gasteiger partial charge < -0.3 is 14.2 Å². The third-order valence-electron chi connectivity index (χ3n) is 5.47. The van der Waals surface area contributed by atoms with Crippen LogP contribution in [0.3, 0.4) is 0 Å². The van der Waals surface area contributed by atoms with E-state index in [-0.39, 0.29) is 12.2 Å². The van der Waals surface area contributed by atoms with Crippen molar-refractivity contribution in [1.29, 1.82) is 0 Å². The molecule has 0 fully saturated rings. The number of methoxy groups -OCH3 is 2. The number of hydrogen-bond acceptors (Lipinski definition) is 7. The molecule has 35 heavy (non-hydrogen) atoms. The van der Waals surface area contributed by atoms with E-state index in [1.165, 1.54) is 11.3 Å². The molecule has 0 saturated carbocycles. The molecule has 10 heteroatoms. The summed E-state index contributed by atoms with van der Waals surface area (Å²) in [7, 11) is 3.23. The number of fused-ring (bicyclic) bond motifs is 1. The summed E-state index contributed by atoms with van der Waals surface area (Å²) < 4.78 is 20.1. The van der Waals surface area contributed by atoms with Crippen LogP contribution in [-0.2, 0) is 9.53 Å². The Hall–Kier alpha value is -2.19. The van der Waals surface area contributed by atoms with Crippen molar-refractivity contribution in [1.82, 2.24) is 4.57 Å². The average molecular weight is 716 g/mol. The first kappa shape index (κ1) is 25.9. The van der Waals surface area contributed by atoms with Gasteiger partial charge in [-0.25, -0.2) is 9.79 Å². The second-order valence-corrected chi connectivity index (χ2v) is 10.9. The van der Waals surface area contributed by atoms with Crippen LogP contribution in [0.5, 0.6) is 11.5 Å². The topological polar surface area (TPSA) is 79.1 Å². The van der Waals surface area contributed by atoms with Crippen LogP contribution in [0.1, 0.15) is 31.0 Å². The summed E-state index contributed by atoms with van der Waals surface area (Å²) in [6.07, 6.45) is 1.85. The fourth-order valence-corrected chi connectivity index (χ4v) is 7.21. The number of esters is 1. The largest absolute Gasteiger partial charge is 0.497 e. The summed E-state index contributed by atoms with van der Waals surface area (Å²) in [5, 5.41) is 0. The summed E-state index contributed by atoms with van der Waals surface area (Å²) >= 11 is 5.74. The van der Waals surface area contributed by atoms with Crippen LogP contribution in [0.25, 0.3) is 6.08 Å². The highest BCUT2D eigenvalue weighted by Gasteiger charge is 2.33. The van der Waals surface area contributed by atoms with Crippen molar-refractivity contribution >= 4 is 68.6 Å². The SMILES string of the molecule is CCOC(=O)C1=C(C)N=c2s/c(=C\c3cc(I)c(OC)c(I)c3)c(=O)n2C1c1ccc(OC)cc1. The average Bonchev–Trinajstić information content (AvgIpc) is 3.12. The van der Waals surface area contributed by atoms with Crippen LogP contribution in [0, 0.1) is 7.14 Å². The van der Waals surface area contributed by atoms with Gasteiger partial charge in [-0.15, -0.1) is 0 Å². The molecule has 1 unspecified atom stereocenters. The Kier molecular flexibility index (Phi) is 8.01. The van der Waals surface area contributed by atoms with Crippen molar-refractivity contribution in [3.05, 3.63) is 85.6 Å². The minimum atomic E-state index is -0.658. The first-order valence-electron chi connectivity index (χ1n) is 10.7. The first-order chi connectivity index (χ1) is 16.8. The maximum absolute atomic E-state index is 13.7. The lowest BCUT2D eigenvalue weighted by Gasteiger charge is -2.24. The normalized spacial score (nSPS) is 15.5. The number of nitrogens with zero attached hydrogens (tertiary/aromatic N) is 2. The molecule has 182 valence electrons. The van der Waals surface area contributed by atoms with Gasteiger partial charge in [-0.05, 0) is 100 Å². The number of allylic oxidation sites excluding steroid dienone is 1. The summed E-state index contributed by atoms with van der Waals surface area (Å²) in [5.41, 5.74) is 2.32. The summed E-state index contributed by atoms with van der Waals surface area (Å²) in [5.74, 6) is 1.00. The summed E-state index contributed by atoms with van der Waals surface area (Å²) in [6.45, 7) is 3.75. The van der Waals surface area contributed by atoms with E-state index in [4.69, 9.17) is 14.2 Å². The predicted molar refractivity (Wildman–Crippen MR) is 152 cm³/mol. The molecule has 4 rings (SSSR count). The molecule has 1 aliphatic rings. The minimum Gasteiger partial charge on any atom is -0.497 e. The lowest BCUT2D eigenvalue weighted by Crippen LogP contribution is -2.39. The molecule has 0 amide bonds. The van der Waals surface area contributed by atoms with Crippen molar-refractivity contribution in [3.63, 3.8) is 0 Å². The molecule has 7 nitrogen and oxygen atoms in total. The van der Waals surface area contributed by atoms with Crippen LogP contribution in [0.15, 0.2) is 57.5 Å². The van der Waals surface area contributed by atoms with Gasteiger partial charge in [0.25, 0.3) is 5.56 Å². The number of halogens is 2. The smallest absolute Gasteiger partial charge is 0.338 e. The predicted octanol–water partition coefficient (Wildman–Crippen LogP) is 4.02. The number of carbonyl (C=O) groups is 1. The van der Waals surface area contributed by atoms with E-state index >= 15 is 0 Å². The maximum atomic E-state index is 13.7. The quantitative estimate of drug-likeness (QED) is 0.285. The lowest BCUT2D eigenvalue weighted by atomic mass is 9.96. The van der Waals surface area contributed by atoms with Gasteiger partial charge in [0.1, 0.15) is 11.5 Å². The van der Waals surface area contributed by atoms with E-state index in [9.17, 15) is 9.59 Å². The van der Waals surface area contributed by atoms with Gasteiger partial charge in [-0.2, -0.15) is 0 Å². The summed E-state index contributed by atoms with van der Waals surface area (Å²) in [6, 6.07) is 10.6. The molecule has 0 saturated heterocycles. The second kappa shape index (κ2) is 10.8. The minimum absolute atomic E-state index is 0.218. The Labute approximate surface area is 233 Å². The van der Waals surface area contributed by atoms with Gasteiger partial charge in [-0.1, -0.05) is 23.5 Å². The number of rotatable bonds is 6. The number of aromatic nitrogens is 1. The molecule has 2 heterocycles. The van der Waals surface area contributed by atoms with E-state index in [0.717, 1.165) is 24.0 Å². The van der Waals surface area contributed by atoms with Crippen LogP contribution >= 0.6 is 56.5 Å². The monoisotopic (exact) mass is 716 g/mol. The zero-order valence-corrected chi connectivity index (χ0v) is 24.6. The molecule has 0 aliphatic carbocycles. The molecular weight excluding hydrogens is 694 g/mol. The Morgan fingerprint density at radius 3 is 2.37 bits per heavy atom. The van der Waals surface area contributed by atoms with Gasteiger partial charge in [-0.3, -0.25) is 9.36 Å². The van der Waals surface area contributed by atoms with Crippen LogP contribution in [0.4, 0.5) is 0 Å². The Bertz CT molecular complexity index is 1480. The molecule has 1 aromatic heterocycles. The van der Waals surface area contributed by atoms with Crippen molar-refractivity contribution in [2.24, 2.45) is 4.99 Å². The fourth-order valence-electron chi connectivity index (χ4n) is 3.90. The molecular formula is C25H22I2N2O5S. The lowest BCUT2D eigenvalue weighted by molar-refractivity contribution is -0.139. The fraction of sp³-hybridized carbons (Fsp3) is 0.240. The molecule has 2 aromatic carbocycles. The Morgan fingerprint density at radius 1 is 1.14 bits per heavy atom. The van der Waals surface area contributed by atoms with Crippen molar-refractivity contribution in [2.45, 2.75) is 19.9 Å². The zero-order chi connectivity index (χ0) is 25.3. The standard InChI is InChI=1S/C25H22I2N2O5S/c1-5-34-24(31)20-13(2)28-25-29(21(20)15-6-8-16(32-3)9-7-15)23(30)19(35-25)12-14-10-17(26)22(33-4)18(27)11-14/h6-12,21H,5H2,1-4H3/b19-12-. The van der Waals surface area contributed by atoms with Gasteiger partial charge in [0, 0.05) is 0 Å². The number of ether oxygens (including phenoxy) is 3. The molecule has 1 aliphatic heterocycles. The van der Waals surface area contributed by atoms with Gasteiger partial charge >= 0.3 is 5.97 Å². The van der Waals surface area contributed by atoms with E-state index in [0.29, 0.717) is 26.4 Å². The molecule has 0 N–H and O–H groups in total. The van der Waals surface area contributed by atoms with Gasteiger partial charge in [0.2, 0.25) is 0 Å². The van der Waals surface area contributed by atoms with Crippen molar-refractivity contribution < 1.29 is 19.0 Å². The highest BCUT2D eigenvalue weighted by atomic mass is 127. The van der Waals surface area contributed by atoms with Crippen molar-refractivity contribution in [3.8, 4) is 11.5 Å². The van der Waals surface area contributed by atoms with E-state index in [1.807, 2.05) is 42.5 Å². The zero-order valence-electron chi connectivity index (χ0n) is 19.4. The molecule has 0 spiro atoms. The number of carbonyl (C=O) groups excluding carboxylic acids is 1. The number of thiazole rings is 1. The van der Waals surface area contributed by atoms with Crippen LogP contribution < -0.4 is 24.4 Å². The molecule has 0 radical (unpaired) electrons. The number of hydrogen-bond donors (Lipinski definition) is 0. The van der Waals surface area contributed by atoms with E-state index in [2.05, 4.69) is 50.2 Å². The Morgan fingerprint density at radius 2 is 1.80 bits per heavy atom. The highest BCUT2D eigenvalue weighted by molar-refractivity contribution is 14.1. The van der Waals surface area contributed by atoms with Gasteiger partial charge in [0.15, 0.2) is 4.80 Å². The van der Waals surface area contributed by atoms with Crippen molar-refractivity contribution in [2.75, 3.05) is 20.8 Å². The molecule has 0 bridgehead atoms. The summed E-state index contributed by atoms with van der Waals surface area (Å²) in [4.78, 5) is 31.8. The second-order valence-electron chi connectivity index (χ2n) is 7.59. The first-order valence-corrected chi connectivity index (χ1v) is 13.6. The molecule has 3 aromatic rings. The van der Waals surface area contributed by atoms with E-state index < -0.39 is 12.0 Å². The van der Waals surface area contributed by atoms with Gasteiger partial charge in [0.05, 0.1) is 49.8 Å².